The SMILES string of the molecule is CCC(C)(C)C(Cl)Cc1ccc2ccccc2c1. The highest BCUT2D eigenvalue weighted by Crippen LogP contribution is 2.32. The highest BCUT2D eigenvalue weighted by molar-refractivity contribution is 6.21. The molecule has 2 rings (SSSR count). The van der Waals surface area contributed by atoms with Crippen molar-refractivity contribution >= 4 is 22.4 Å². The summed E-state index contributed by atoms with van der Waals surface area (Å²) in [5.74, 6) is 0. The molecule has 2 aromatic rings. The third-order valence-electron chi connectivity index (χ3n) is 3.99. The molecule has 18 heavy (non-hydrogen) atoms. The van der Waals surface area contributed by atoms with Gasteiger partial charge in [-0.2, -0.15) is 0 Å². The predicted octanol–water partition coefficient (Wildman–Crippen LogP) is 5.43. The molecule has 0 bridgehead atoms. The Morgan fingerprint density at radius 1 is 1.06 bits per heavy atom. The van der Waals surface area contributed by atoms with Crippen LogP contribution < -0.4 is 0 Å². The van der Waals surface area contributed by atoms with Crippen LogP contribution in [-0.4, -0.2) is 5.38 Å². The number of hydrogen-bond donors (Lipinski definition) is 0. The van der Waals surface area contributed by atoms with Crippen LogP contribution in [0.25, 0.3) is 10.8 Å². The second-order valence-corrected chi connectivity index (χ2v) is 6.22. The molecule has 0 aliphatic rings. The fraction of sp³-hybridized carbons (Fsp3) is 0.412. The molecule has 0 radical (unpaired) electrons. The molecule has 0 amide bonds. The first-order valence-corrected chi connectivity index (χ1v) is 7.08. The van der Waals surface area contributed by atoms with Crippen LogP contribution in [-0.2, 0) is 6.42 Å². The Kier molecular flexibility index (Phi) is 3.97. The summed E-state index contributed by atoms with van der Waals surface area (Å²) in [4.78, 5) is 0. The summed E-state index contributed by atoms with van der Waals surface area (Å²) in [7, 11) is 0. The van der Waals surface area contributed by atoms with Crippen LogP contribution in [0.2, 0.25) is 0 Å². The van der Waals surface area contributed by atoms with E-state index in [1.165, 1.54) is 16.3 Å². The zero-order chi connectivity index (χ0) is 13.2. The molecule has 1 unspecified atom stereocenters. The van der Waals surface area contributed by atoms with Gasteiger partial charge in [0.2, 0.25) is 0 Å². The summed E-state index contributed by atoms with van der Waals surface area (Å²) in [6.07, 6.45) is 2.04. The maximum Gasteiger partial charge on any atom is 0.0427 e. The van der Waals surface area contributed by atoms with Crippen molar-refractivity contribution in [1.29, 1.82) is 0 Å². The van der Waals surface area contributed by atoms with Gasteiger partial charge in [-0.25, -0.2) is 0 Å². The van der Waals surface area contributed by atoms with Crippen LogP contribution in [0.5, 0.6) is 0 Å². The summed E-state index contributed by atoms with van der Waals surface area (Å²) in [5.41, 5.74) is 1.52. The fourth-order valence-electron chi connectivity index (χ4n) is 2.07. The van der Waals surface area contributed by atoms with Crippen LogP contribution in [0, 0.1) is 5.41 Å². The standard InChI is InChI=1S/C17H21Cl/c1-4-17(2,3)16(18)12-13-9-10-14-7-5-6-8-15(14)11-13/h5-11,16H,4,12H2,1-3H3. The number of benzene rings is 2. The van der Waals surface area contributed by atoms with Gasteiger partial charge < -0.3 is 0 Å². The van der Waals surface area contributed by atoms with Crippen molar-refractivity contribution in [3.05, 3.63) is 48.0 Å². The molecule has 96 valence electrons. The molecular weight excluding hydrogens is 240 g/mol. The number of fused-ring (bicyclic) bond motifs is 1. The summed E-state index contributed by atoms with van der Waals surface area (Å²) in [5, 5.41) is 2.78. The van der Waals surface area contributed by atoms with Gasteiger partial charge in [-0.3, -0.25) is 0 Å². The molecule has 0 nitrogen and oxygen atoms in total. The summed E-state index contributed by atoms with van der Waals surface area (Å²) >= 11 is 6.56. The normalized spacial score (nSPS) is 13.8. The minimum absolute atomic E-state index is 0.184. The van der Waals surface area contributed by atoms with E-state index in [-0.39, 0.29) is 10.8 Å². The molecule has 0 aromatic heterocycles. The average Bonchev–Trinajstić information content (AvgIpc) is 2.38. The molecule has 0 saturated heterocycles. The Morgan fingerprint density at radius 2 is 1.72 bits per heavy atom. The third kappa shape index (κ3) is 2.87. The Bertz CT molecular complexity index is 528. The molecule has 0 N–H and O–H groups in total. The Labute approximate surface area is 115 Å². The minimum Gasteiger partial charge on any atom is -0.122 e. The van der Waals surface area contributed by atoms with Gasteiger partial charge in [-0.15, -0.1) is 11.6 Å². The molecule has 1 atom stereocenters. The third-order valence-corrected chi connectivity index (χ3v) is 4.73. The van der Waals surface area contributed by atoms with Gasteiger partial charge in [-0.1, -0.05) is 63.2 Å². The average molecular weight is 261 g/mol. The van der Waals surface area contributed by atoms with Crippen molar-refractivity contribution in [3.63, 3.8) is 0 Å². The number of rotatable bonds is 4. The maximum atomic E-state index is 6.56. The number of halogens is 1. The van der Waals surface area contributed by atoms with Gasteiger partial charge >= 0.3 is 0 Å². The molecule has 0 spiro atoms. The molecule has 0 aliphatic carbocycles. The van der Waals surface area contributed by atoms with Gasteiger partial charge in [-0.05, 0) is 34.6 Å². The Hall–Kier alpha value is -1.01. The molecule has 0 heterocycles. The zero-order valence-corrected chi connectivity index (χ0v) is 12.2. The van der Waals surface area contributed by atoms with Crippen LogP contribution in [0.15, 0.2) is 42.5 Å². The van der Waals surface area contributed by atoms with E-state index in [9.17, 15) is 0 Å². The molecule has 1 heteroatoms. The van der Waals surface area contributed by atoms with Crippen molar-refractivity contribution < 1.29 is 0 Å². The van der Waals surface area contributed by atoms with E-state index in [1.54, 1.807) is 0 Å². The first-order chi connectivity index (χ1) is 8.53. The van der Waals surface area contributed by atoms with Gasteiger partial charge in [0.25, 0.3) is 0 Å². The lowest BCUT2D eigenvalue weighted by Gasteiger charge is -2.28. The first kappa shape index (κ1) is 13.4. The van der Waals surface area contributed by atoms with E-state index < -0.39 is 0 Å². The number of alkyl halides is 1. The smallest absolute Gasteiger partial charge is 0.0427 e. The van der Waals surface area contributed by atoms with E-state index in [1.807, 2.05) is 0 Å². The molecule has 0 aliphatic heterocycles. The van der Waals surface area contributed by atoms with E-state index in [4.69, 9.17) is 11.6 Å². The summed E-state index contributed by atoms with van der Waals surface area (Å²) in [6.45, 7) is 6.69. The van der Waals surface area contributed by atoms with Crippen LogP contribution in [0.4, 0.5) is 0 Å². The van der Waals surface area contributed by atoms with Crippen LogP contribution in [0.3, 0.4) is 0 Å². The van der Waals surface area contributed by atoms with E-state index in [0.29, 0.717) is 0 Å². The summed E-state index contributed by atoms with van der Waals surface area (Å²) < 4.78 is 0. The lowest BCUT2D eigenvalue weighted by atomic mass is 9.83. The van der Waals surface area contributed by atoms with Gasteiger partial charge in [0.05, 0.1) is 0 Å². The predicted molar refractivity (Wildman–Crippen MR) is 81.4 cm³/mol. The van der Waals surface area contributed by atoms with Gasteiger partial charge in [0.1, 0.15) is 0 Å². The van der Waals surface area contributed by atoms with Crippen molar-refractivity contribution in [2.24, 2.45) is 5.41 Å². The topological polar surface area (TPSA) is 0 Å². The van der Waals surface area contributed by atoms with Crippen molar-refractivity contribution in [2.45, 2.75) is 39.0 Å². The molecule has 0 saturated carbocycles. The lowest BCUT2D eigenvalue weighted by molar-refractivity contribution is 0.330. The van der Waals surface area contributed by atoms with E-state index in [2.05, 4.69) is 63.2 Å². The lowest BCUT2D eigenvalue weighted by Crippen LogP contribution is -2.25. The van der Waals surface area contributed by atoms with Crippen molar-refractivity contribution in [3.8, 4) is 0 Å². The molecular formula is C17H21Cl. The quantitative estimate of drug-likeness (QED) is 0.644. The number of hydrogen-bond acceptors (Lipinski definition) is 0. The largest absolute Gasteiger partial charge is 0.122 e. The second kappa shape index (κ2) is 5.32. The maximum absolute atomic E-state index is 6.56. The minimum atomic E-state index is 0.184. The van der Waals surface area contributed by atoms with Crippen LogP contribution >= 0.6 is 11.6 Å². The highest BCUT2D eigenvalue weighted by Gasteiger charge is 2.25. The zero-order valence-electron chi connectivity index (χ0n) is 11.4. The van der Waals surface area contributed by atoms with Crippen molar-refractivity contribution in [2.75, 3.05) is 0 Å². The first-order valence-electron chi connectivity index (χ1n) is 6.64. The van der Waals surface area contributed by atoms with Gasteiger partial charge in [0.15, 0.2) is 0 Å². The monoisotopic (exact) mass is 260 g/mol. The molecule has 0 fully saturated rings. The van der Waals surface area contributed by atoms with Crippen molar-refractivity contribution in [1.82, 2.24) is 0 Å². The van der Waals surface area contributed by atoms with Gasteiger partial charge in [0, 0.05) is 5.38 Å². The Balaban J connectivity index is 2.22. The Morgan fingerprint density at radius 3 is 2.39 bits per heavy atom. The van der Waals surface area contributed by atoms with E-state index >= 15 is 0 Å². The van der Waals surface area contributed by atoms with Crippen LogP contribution in [0.1, 0.15) is 32.8 Å². The van der Waals surface area contributed by atoms with E-state index in [0.717, 1.165) is 12.8 Å². The second-order valence-electron chi connectivity index (χ2n) is 5.70. The summed E-state index contributed by atoms with van der Waals surface area (Å²) in [6, 6.07) is 15.1. The highest BCUT2D eigenvalue weighted by atomic mass is 35.5. The molecule has 2 aromatic carbocycles. The fourth-order valence-corrected chi connectivity index (χ4v) is 2.40.